The fourth-order valence-electron chi connectivity index (χ4n) is 4.83. The number of Topliss-reactive ketones (excluding diaryl/α,β-unsaturated/α-hetero) is 1. The third-order valence-corrected chi connectivity index (χ3v) is 7.96. The molecule has 0 bridgehead atoms. The van der Waals surface area contributed by atoms with Crippen LogP contribution in [0, 0.1) is 5.41 Å². The molecule has 6 heterocycles. The zero-order valence-electron chi connectivity index (χ0n) is 23.9. The Hall–Kier alpha value is -4.90. The van der Waals surface area contributed by atoms with E-state index in [2.05, 4.69) is 25.7 Å². The molecule has 5 aromatic heterocycles. The zero-order valence-corrected chi connectivity index (χ0v) is 24.8. The van der Waals surface area contributed by atoms with Crippen molar-refractivity contribution in [2.24, 2.45) is 5.41 Å². The molecular formula is C31H30N8O2S. The van der Waals surface area contributed by atoms with Crippen LogP contribution in [0.5, 0.6) is 0 Å². The fraction of sp³-hybridized carbons (Fsp3) is 0.226. The number of carbonyl (C=O) groups excluding carboxylic acids is 2. The van der Waals surface area contributed by atoms with Crippen LogP contribution < -0.4 is 15.8 Å². The minimum atomic E-state index is -0.116. The van der Waals surface area contributed by atoms with Gasteiger partial charge in [-0.05, 0) is 42.7 Å². The number of hydrogen-bond donors (Lipinski definition) is 3. The highest BCUT2D eigenvalue weighted by Gasteiger charge is 2.24. The Morgan fingerprint density at radius 2 is 1.86 bits per heavy atom. The number of rotatable bonds is 6. The number of H-pyrrole nitrogens is 1. The van der Waals surface area contributed by atoms with Gasteiger partial charge in [-0.1, -0.05) is 20.8 Å². The smallest absolute Gasteiger partial charge is 0.224 e. The van der Waals surface area contributed by atoms with Crippen LogP contribution in [0.4, 0.5) is 11.5 Å². The maximum atomic E-state index is 12.5. The first-order valence-corrected chi connectivity index (χ1v) is 14.3. The largest absolute Gasteiger partial charge is 0.338 e. The van der Waals surface area contributed by atoms with E-state index in [1.807, 2.05) is 69.4 Å². The first-order chi connectivity index (χ1) is 20.1. The summed E-state index contributed by atoms with van der Waals surface area (Å²) in [5.41, 5.74) is 9.41. The van der Waals surface area contributed by atoms with Crippen molar-refractivity contribution in [3.63, 3.8) is 0 Å². The molecular weight excluding hydrogens is 548 g/mol. The number of thiophene rings is 1. The second kappa shape index (κ2) is 10.5. The molecule has 3 N–H and O–H groups in total. The van der Waals surface area contributed by atoms with Gasteiger partial charge < -0.3 is 15.7 Å². The molecule has 42 heavy (non-hydrogen) atoms. The zero-order chi connectivity index (χ0) is 29.6. The van der Waals surface area contributed by atoms with Crippen molar-refractivity contribution in [3.05, 3.63) is 77.6 Å². The van der Waals surface area contributed by atoms with E-state index in [9.17, 15) is 9.59 Å². The van der Waals surface area contributed by atoms with Crippen molar-refractivity contribution < 1.29 is 9.59 Å². The Morgan fingerprint density at radius 1 is 1.05 bits per heavy atom. The third-order valence-electron chi connectivity index (χ3n) is 6.77. The number of aromatic nitrogens is 5. The Labute approximate surface area is 246 Å². The van der Waals surface area contributed by atoms with Gasteiger partial charge in [0, 0.05) is 60.5 Å². The number of anilines is 2. The maximum Gasteiger partial charge on any atom is 0.224 e. The van der Waals surface area contributed by atoms with E-state index in [0.29, 0.717) is 22.8 Å². The minimum Gasteiger partial charge on any atom is -0.338 e. The molecule has 10 nitrogen and oxygen atoms in total. The molecule has 1 amide bonds. The van der Waals surface area contributed by atoms with Crippen molar-refractivity contribution in [3.8, 4) is 21.7 Å². The SMILES string of the molecule is CC(=O)c1ccc(-c2nccc3[nH]c(C4=CNN(C)c5ncc(-c6cncc(NC(=O)CC(C)(C)C)c6)cc54)nc23)s1. The highest BCUT2D eigenvalue weighted by Crippen LogP contribution is 2.37. The predicted molar refractivity (Wildman–Crippen MR) is 166 cm³/mol. The van der Waals surface area contributed by atoms with Crippen LogP contribution >= 0.6 is 11.3 Å². The number of hydrogen-bond acceptors (Lipinski definition) is 9. The lowest BCUT2D eigenvalue weighted by molar-refractivity contribution is -0.117. The van der Waals surface area contributed by atoms with Crippen molar-refractivity contribution in [1.29, 1.82) is 0 Å². The highest BCUT2D eigenvalue weighted by molar-refractivity contribution is 7.17. The molecule has 0 radical (unpaired) electrons. The standard InChI is InChI=1S/C31H30N8O2S/c1-17(40)24-6-7-25(42-24)28-27-23(8-9-33-28)37-29(38-27)22-16-35-39(5)30-21(22)11-19(14-34-30)18-10-20(15-32-13-18)36-26(41)12-31(2,3)4/h6-11,13-16,35H,12H2,1-5H3,(H,36,41)(H,37,38). The molecule has 6 rings (SSSR count). The number of imidazole rings is 1. The summed E-state index contributed by atoms with van der Waals surface area (Å²) in [7, 11) is 1.90. The molecule has 212 valence electrons. The van der Waals surface area contributed by atoms with Crippen LogP contribution in [0.1, 0.15) is 55.2 Å². The van der Waals surface area contributed by atoms with Crippen molar-refractivity contribution >= 4 is 51.1 Å². The molecule has 0 spiro atoms. The van der Waals surface area contributed by atoms with Gasteiger partial charge in [0.2, 0.25) is 5.91 Å². The Morgan fingerprint density at radius 3 is 2.62 bits per heavy atom. The number of hydrazine groups is 1. The Kier molecular flexibility index (Phi) is 6.82. The van der Waals surface area contributed by atoms with Crippen LogP contribution in [0.2, 0.25) is 0 Å². The number of amides is 1. The number of fused-ring (bicyclic) bond motifs is 2. The summed E-state index contributed by atoms with van der Waals surface area (Å²) >= 11 is 1.41. The second-order valence-electron chi connectivity index (χ2n) is 11.5. The first-order valence-electron chi connectivity index (χ1n) is 13.5. The fourth-order valence-corrected chi connectivity index (χ4v) is 5.73. The van der Waals surface area contributed by atoms with E-state index in [-0.39, 0.29) is 17.1 Å². The summed E-state index contributed by atoms with van der Waals surface area (Å²) in [6.45, 7) is 7.65. The predicted octanol–water partition coefficient (Wildman–Crippen LogP) is 6.06. The highest BCUT2D eigenvalue weighted by atomic mass is 32.1. The van der Waals surface area contributed by atoms with Gasteiger partial charge in [-0.2, -0.15) is 0 Å². The average molecular weight is 579 g/mol. The van der Waals surface area contributed by atoms with Crippen LogP contribution in [0.15, 0.2) is 61.3 Å². The lowest BCUT2D eigenvalue weighted by Gasteiger charge is -2.27. The summed E-state index contributed by atoms with van der Waals surface area (Å²) in [4.78, 5) is 48.1. The van der Waals surface area contributed by atoms with Gasteiger partial charge in [0.15, 0.2) is 11.6 Å². The van der Waals surface area contributed by atoms with Crippen molar-refractivity contribution in [2.45, 2.75) is 34.1 Å². The third kappa shape index (κ3) is 5.38. The number of ketones is 1. The Bertz CT molecular complexity index is 1880. The van der Waals surface area contributed by atoms with Crippen LogP contribution in [0.25, 0.3) is 38.3 Å². The molecule has 11 heteroatoms. The molecule has 1 aliphatic heterocycles. The van der Waals surface area contributed by atoms with E-state index in [4.69, 9.17) is 9.97 Å². The number of pyridine rings is 3. The van der Waals surface area contributed by atoms with E-state index in [1.54, 1.807) is 31.7 Å². The summed E-state index contributed by atoms with van der Waals surface area (Å²) in [6, 6.07) is 9.57. The normalized spacial score (nSPS) is 13.0. The van der Waals surface area contributed by atoms with Gasteiger partial charge >= 0.3 is 0 Å². The van der Waals surface area contributed by atoms with Gasteiger partial charge in [0.25, 0.3) is 0 Å². The topological polar surface area (TPSA) is 129 Å². The second-order valence-corrected chi connectivity index (χ2v) is 12.5. The lowest BCUT2D eigenvalue weighted by Crippen LogP contribution is -2.34. The maximum absolute atomic E-state index is 12.5. The summed E-state index contributed by atoms with van der Waals surface area (Å²) in [5, 5.41) is 4.81. The Balaban J connectivity index is 1.36. The molecule has 0 aromatic carbocycles. The summed E-state index contributed by atoms with van der Waals surface area (Å²) < 4.78 is 0. The number of nitrogens with one attached hydrogen (secondary N) is 3. The van der Waals surface area contributed by atoms with Crippen molar-refractivity contribution in [1.82, 2.24) is 30.3 Å². The van der Waals surface area contributed by atoms with E-state index < -0.39 is 0 Å². The average Bonchev–Trinajstić information content (AvgIpc) is 3.60. The van der Waals surface area contributed by atoms with Gasteiger partial charge in [-0.15, -0.1) is 11.3 Å². The van der Waals surface area contributed by atoms with Gasteiger partial charge in [0.1, 0.15) is 17.0 Å². The van der Waals surface area contributed by atoms with Crippen LogP contribution in [-0.2, 0) is 4.79 Å². The number of carbonyl (C=O) groups is 2. The molecule has 0 aliphatic carbocycles. The van der Waals surface area contributed by atoms with E-state index in [1.165, 1.54) is 11.3 Å². The quantitative estimate of drug-likeness (QED) is 0.207. The minimum absolute atomic E-state index is 0.0247. The number of nitrogens with zero attached hydrogens (tertiary/aromatic N) is 5. The molecule has 1 aliphatic rings. The molecule has 0 fully saturated rings. The van der Waals surface area contributed by atoms with E-state index >= 15 is 0 Å². The molecule has 0 saturated heterocycles. The molecule has 5 aromatic rings. The summed E-state index contributed by atoms with van der Waals surface area (Å²) in [6.07, 6.45) is 9.23. The lowest BCUT2D eigenvalue weighted by atomic mass is 9.92. The van der Waals surface area contributed by atoms with Crippen LogP contribution in [0.3, 0.4) is 0 Å². The molecule has 0 unspecified atom stereocenters. The van der Waals surface area contributed by atoms with Crippen LogP contribution in [-0.4, -0.2) is 43.7 Å². The molecule has 0 atom stereocenters. The summed E-state index contributed by atoms with van der Waals surface area (Å²) in [5.74, 6) is 1.37. The molecule has 0 saturated carbocycles. The van der Waals surface area contributed by atoms with Gasteiger partial charge in [0.05, 0.1) is 27.2 Å². The van der Waals surface area contributed by atoms with Gasteiger partial charge in [-0.25, -0.2) is 9.97 Å². The van der Waals surface area contributed by atoms with E-state index in [0.717, 1.165) is 49.7 Å². The first kappa shape index (κ1) is 27.3. The van der Waals surface area contributed by atoms with Gasteiger partial charge in [-0.3, -0.25) is 24.6 Å². The monoisotopic (exact) mass is 578 g/mol. The number of aromatic amines is 1. The van der Waals surface area contributed by atoms with Crippen molar-refractivity contribution in [2.75, 3.05) is 17.4 Å².